The van der Waals surface area contributed by atoms with Crippen LogP contribution in [0.4, 0.5) is 0 Å². The summed E-state index contributed by atoms with van der Waals surface area (Å²) >= 11 is 0. The average molecular weight is 346 g/mol. The van der Waals surface area contributed by atoms with Gasteiger partial charge in [0, 0.05) is 18.3 Å². The van der Waals surface area contributed by atoms with Crippen molar-refractivity contribution >= 4 is 11.9 Å². The van der Waals surface area contributed by atoms with Gasteiger partial charge in [0.1, 0.15) is 12.4 Å². The van der Waals surface area contributed by atoms with E-state index in [4.69, 9.17) is 4.74 Å². The molecule has 132 valence electrons. The Morgan fingerprint density at radius 1 is 1.12 bits per heavy atom. The molecule has 0 unspecified atom stereocenters. The molecular formula is C22H22N2O2. The van der Waals surface area contributed by atoms with Crippen molar-refractivity contribution in [2.24, 2.45) is 0 Å². The third kappa shape index (κ3) is 4.28. The van der Waals surface area contributed by atoms with Crippen molar-refractivity contribution in [3.8, 4) is 5.75 Å². The second-order valence-electron chi connectivity index (χ2n) is 5.99. The number of carbonyl (C=O) groups is 1. The molecule has 0 fully saturated rings. The van der Waals surface area contributed by atoms with Crippen LogP contribution in [0.1, 0.15) is 34.1 Å². The summed E-state index contributed by atoms with van der Waals surface area (Å²) in [5.41, 5.74) is 3.35. The summed E-state index contributed by atoms with van der Waals surface area (Å²) in [6.45, 7) is 5.08. The lowest BCUT2D eigenvalue weighted by molar-refractivity contribution is 0.104. The number of hydrogen-bond donors (Lipinski definition) is 0. The van der Waals surface area contributed by atoms with E-state index in [0.717, 1.165) is 29.1 Å². The van der Waals surface area contributed by atoms with Crippen molar-refractivity contribution < 1.29 is 9.53 Å². The largest absolute Gasteiger partial charge is 0.488 e. The van der Waals surface area contributed by atoms with E-state index in [0.29, 0.717) is 12.2 Å². The summed E-state index contributed by atoms with van der Waals surface area (Å²) < 4.78 is 7.70. The second kappa shape index (κ2) is 8.30. The molecule has 0 aliphatic rings. The van der Waals surface area contributed by atoms with E-state index in [9.17, 15) is 4.79 Å². The maximum Gasteiger partial charge on any atom is 0.189 e. The van der Waals surface area contributed by atoms with Crippen molar-refractivity contribution in [1.82, 2.24) is 9.78 Å². The highest BCUT2D eigenvalue weighted by Gasteiger charge is 2.10. The van der Waals surface area contributed by atoms with Gasteiger partial charge in [0.05, 0.1) is 11.3 Å². The van der Waals surface area contributed by atoms with Crippen LogP contribution in [-0.2, 0) is 13.2 Å². The quantitative estimate of drug-likeness (QED) is 0.461. The summed E-state index contributed by atoms with van der Waals surface area (Å²) in [6, 6.07) is 17.7. The summed E-state index contributed by atoms with van der Waals surface area (Å²) in [5, 5.41) is 4.32. The number of carbonyl (C=O) groups excluding carboxylic acids is 1. The maximum absolute atomic E-state index is 12.5. The first-order valence-corrected chi connectivity index (χ1v) is 8.69. The van der Waals surface area contributed by atoms with Crippen LogP contribution in [-0.4, -0.2) is 15.6 Å². The summed E-state index contributed by atoms with van der Waals surface area (Å²) in [4.78, 5) is 12.5. The zero-order valence-corrected chi connectivity index (χ0v) is 15.1. The van der Waals surface area contributed by atoms with Crippen LogP contribution in [0.25, 0.3) is 6.08 Å². The minimum atomic E-state index is -0.0555. The smallest absolute Gasteiger partial charge is 0.189 e. The van der Waals surface area contributed by atoms with Crippen molar-refractivity contribution in [2.75, 3.05) is 0 Å². The molecule has 0 bridgehead atoms. The molecule has 0 aliphatic carbocycles. The monoisotopic (exact) mass is 346 g/mol. The minimum absolute atomic E-state index is 0.0555. The predicted octanol–water partition coefficient (Wildman–Crippen LogP) is 4.69. The highest BCUT2D eigenvalue weighted by atomic mass is 16.5. The molecule has 0 amide bonds. The Hall–Kier alpha value is -3.14. The number of benzene rings is 2. The van der Waals surface area contributed by atoms with Crippen molar-refractivity contribution in [3.05, 3.63) is 89.3 Å². The molecule has 0 spiro atoms. The van der Waals surface area contributed by atoms with Crippen LogP contribution >= 0.6 is 0 Å². The molecule has 1 heterocycles. The van der Waals surface area contributed by atoms with Gasteiger partial charge in [-0.1, -0.05) is 48.5 Å². The van der Waals surface area contributed by atoms with Crippen LogP contribution in [0, 0.1) is 6.92 Å². The third-order valence-electron chi connectivity index (χ3n) is 4.11. The average Bonchev–Trinajstić information content (AvgIpc) is 3.07. The number of rotatable bonds is 7. The van der Waals surface area contributed by atoms with E-state index in [-0.39, 0.29) is 5.78 Å². The lowest BCUT2D eigenvalue weighted by Crippen LogP contribution is -1.97. The molecule has 4 heteroatoms. The number of hydrogen-bond acceptors (Lipinski definition) is 3. The zero-order chi connectivity index (χ0) is 18.4. The number of nitrogens with zero attached hydrogens (tertiary/aromatic N) is 2. The number of ketones is 1. The number of aryl methyl sites for hydroxylation is 2. The SMILES string of the molecule is CCn1cc(C(=O)/C=C/c2ccccc2OCc2ccccc2)c(C)n1. The first-order chi connectivity index (χ1) is 12.7. The highest BCUT2D eigenvalue weighted by Crippen LogP contribution is 2.21. The van der Waals surface area contributed by atoms with Gasteiger partial charge >= 0.3 is 0 Å². The van der Waals surface area contributed by atoms with Gasteiger partial charge < -0.3 is 4.74 Å². The van der Waals surface area contributed by atoms with Gasteiger partial charge in [-0.05, 0) is 37.6 Å². The molecule has 0 radical (unpaired) electrons. The zero-order valence-electron chi connectivity index (χ0n) is 15.1. The molecule has 3 aromatic rings. The van der Waals surface area contributed by atoms with Crippen molar-refractivity contribution in [2.45, 2.75) is 27.0 Å². The molecule has 3 rings (SSSR count). The third-order valence-corrected chi connectivity index (χ3v) is 4.11. The highest BCUT2D eigenvalue weighted by molar-refractivity contribution is 6.07. The molecule has 0 aliphatic heterocycles. The Balaban J connectivity index is 1.74. The van der Waals surface area contributed by atoms with Gasteiger partial charge in [-0.3, -0.25) is 9.48 Å². The summed E-state index contributed by atoms with van der Waals surface area (Å²) in [6.07, 6.45) is 5.17. The predicted molar refractivity (Wildman–Crippen MR) is 103 cm³/mol. The van der Waals surface area contributed by atoms with Crippen LogP contribution in [0.3, 0.4) is 0 Å². The van der Waals surface area contributed by atoms with E-state index >= 15 is 0 Å². The summed E-state index contributed by atoms with van der Waals surface area (Å²) in [7, 11) is 0. The van der Waals surface area contributed by atoms with Gasteiger partial charge in [-0.15, -0.1) is 0 Å². The molecule has 0 saturated heterocycles. The van der Waals surface area contributed by atoms with Gasteiger partial charge in [0.2, 0.25) is 0 Å². The van der Waals surface area contributed by atoms with Crippen LogP contribution in [0.5, 0.6) is 5.75 Å². The van der Waals surface area contributed by atoms with E-state index < -0.39 is 0 Å². The van der Waals surface area contributed by atoms with Crippen LogP contribution < -0.4 is 4.74 Å². The van der Waals surface area contributed by atoms with Crippen molar-refractivity contribution in [1.29, 1.82) is 0 Å². The van der Waals surface area contributed by atoms with E-state index in [2.05, 4.69) is 5.10 Å². The number of ether oxygens (including phenoxy) is 1. The fourth-order valence-electron chi connectivity index (χ4n) is 2.66. The topological polar surface area (TPSA) is 44.1 Å². The Morgan fingerprint density at radius 3 is 2.58 bits per heavy atom. The molecule has 4 nitrogen and oxygen atoms in total. The Kier molecular flexibility index (Phi) is 5.64. The van der Waals surface area contributed by atoms with Crippen LogP contribution in [0.15, 0.2) is 66.9 Å². The Morgan fingerprint density at radius 2 is 1.85 bits per heavy atom. The Labute approximate surface area is 153 Å². The normalized spacial score (nSPS) is 11.0. The Bertz CT molecular complexity index is 911. The van der Waals surface area contributed by atoms with E-state index in [1.54, 1.807) is 23.0 Å². The standard InChI is InChI=1S/C22H22N2O2/c1-3-24-15-20(17(2)23-24)21(25)14-13-19-11-7-8-12-22(19)26-16-18-9-5-4-6-10-18/h4-15H,3,16H2,1-2H3/b14-13+. The molecule has 0 saturated carbocycles. The maximum atomic E-state index is 12.5. The lowest BCUT2D eigenvalue weighted by atomic mass is 10.1. The van der Waals surface area contributed by atoms with Gasteiger partial charge in [-0.2, -0.15) is 5.10 Å². The number of para-hydroxylation sites is 1. The van der Waals surface area contributed by atoms with Gasteiger partial charge in [0.15, 0.2) is 5.78 Å². The summed E-state index contributed by atoms with van der Waals surface area (Å²) in [5.74, 6) is 0.696. The fraction of sp³-hybridized carbons (Fsp3) is 0.182. The fourth-order valence-corrected chi connectivity index (χ4v) is 2.66. The molecule has 0 atom stereocenters. The first kappa shape index (κ1) is 17.7. The van der Waals surface area contributed by atoms with Crippen molar-refractivity contribution in [3.63, 3.8) is 0 Å². The molecular weight excluding hydrogens is 324 g/mol. The van der Waals surface area contributed by atoms with Gasteiger partial charge in [0.25, 0.3) is 0 Å². The molecule has 1 aromatic heterocycles. The van der Waals surface area contributed by atoms with E-state index in [1.807, 2.05) is 68.4 Å². The molecule has 2 aromatic carbocycles. The van der Waals surface area contributed by atoms with Gasteiger partial charge in [-0.25, -0.2) is 0 Å². The molecule has 0 N–H and O–H groups in total. The first-order valence-electron chi connectivity index (χ1n) is 8.69. The van der Waals surface area contributed by atoms with E-state index in [1.165, 1.54) is 0 Å². The second-order valence-corrected chi connectivity index (χ2v) is 5.99. The van der Waals surface area contributed by atoms with Crippen LogP contribution in [0.2, 0.25) is 0 Å². The lowest BCUT2D eigenvalue weighted by Gasteiger charge is -2.09. The minimum Gasteiger partial charge on any atom is -0.488 e. The number of allylic oxidation sites excluding steroid dienone is 1. The molecule has 26 heavy (non-hydrogen) atoms. The number of aromatic nitrogens is 2.